The second-order valence-electron chi connectivity index (χ2n) is 11.1. The van der Waals surface area contributed by atoms with E-state index in [1.54, 1.807) is 13.4 Å². The van der Waals surface area contributed by atoms with Gasteiger partial charge < -0.3 is 19.3 Å². The first kappa shape index (κ1) is 27.4. The average Bonchev–Trinajstić information content (AvgIpc) is 3.46. The van der Waals surface area contributed by atoms with Crippen LogP contribution in [0, 0.1) is 0 Å². The quantitative estimate of drug-likeness (QED) is 0.190. The van der Waals surface area contributed by atoms with Crippen molar-refractivity contribution in [3.63, 3.8) is 0 Å². The van der Waals surface area contributed by atoms with Crippen molar-refractivity contribution in [1.29, 1.82) is 0 Å². The molecule has 218 valence electrons. The first-order valence-corrected chi connectivity index (χ1v) is 15.7. The van der Waals surface area contributed by atoms with Gasteiger partial charge in [-0.25, -0.2) is 9.97 Å². The molecule has 1 atom stereocenters. The molecule has 1 aliphatic heterocycles. The van der Waals surface area contributed by atoms with Gasteiger partial charge in [-0.2, -0.15) is 0 Å². The minimum absolute atomic E-state index is 0.0177. The van der Waals surface area contributed by atoms with Crippen LogP contribution in [0.3, 0.4) is 0 Å². The van der Waals surface area contributed by atoms with Gasteiger partial charge in [-0.05, 0) is 72.7 Å². The highest BCUT2D eigenvalue weighted by molar-refractivity contribution is 7.19. The molecule has 8 heteroatoms. The fourth-order valence-electron chi connectivity index (χ4n) is 6.28. The smallest absolute Gasteiger partial charge is 0.200 e. The monoisotopic (exact) mass is 590 g/mol. The molecule has 0 spiro atoms. The maximum absolute atomic E-state index is 12.4. The van der Waals surface area contributed by atoms with Crippen LogP contribution in [0.2, 0.25) is 0 Å². The van der Waals surface area contributed by atoms with Crippen molar-refractivity contribution in [3.8, 4) is 11.5 Å². The number of ketones is 1. The number of thiophene rings is 1. The van der Waals surface area contributed by atoms with Crippen molar-refractivity contribution in [3.05, 3.63) is 107 Å². The van der Waals surface area contributed by atoms with Crippen molar-refractivity contribution < 1.29 is 14.3 Å². The van der Waals surface area contributed by atoms with Gasteiger partial charge in [0, 0.05) is 42.3 Å². The van der Waals surface area contributed by atoms with Crippen molar-refractivity contribution >= 4 is 38.8 Å². The lowest BCUT2D eigenvalue weighted by atomic mass is 9.83. The lowest BCUT2D eigenvalue weighted by molar-refractivity contribution is 0.0921. The molecule has 0 N–H and O–H groups in total. The topological polar surface area (TPSA) is 67.8 Å². The van der Waals surface area contributed by atoms with Gasteiger partial charge in [0.1, 0.15) is 28.5 Å². The molecule has 0 saturated carbocycles. The number of anilines is 2. The van der Waals surface area contributed by atoms with E-state index in [1.807, 2.05) is 65.9 Å². The van der Waals surface area contributed by atoms with E-state index in [0.29, 0.717) is 11.5 Å². The molecule has 1 saturated heterocycles. The average molecular weight is 591 g/mol. The molecular weight excluding hydrogens is 556 g/mol. The van der Waals surface area contributed by atoms with Crippen LogP contribution in [0.15, 0.2) is 85.2 Å². The van der Waals surface area contributed by atoms with Crippen LogP contribution < -0.4 is 19.3 Å². The zero-order valence-corrected chi connectivity index (χ0v) is 25.1. The first-order valence-electron chi connectivity index (χ1n) is 14.9. The minimum Gasteiger partial charge on any atom is -0.497 e. The van der Waals surface area contributed by atoms with Crippen LogP contribution in [-0.2, 0) is 12.8 Å². The van der Waals surface area contributed by atoms with Crippen LogP contribution in [-0.4, -0.2) is 55.6 Å². The summed E-state index contributed by atoms with van der Waals surface area (Å²) < 4.78 is 11.1. The standard InChI is InChI=1S/C35H34N4O3S/c1-41-28-14-10-27(11-15-28)38-17-19-39(20-18-38)34-33-30-16-9-26(21-32(30)43-35(33)37-23-36-34)24-7-12-29(13-8-24)42-22-31(40)25-5-3-2-4-6-25/h2-8,10-15,23,26H,9,16-22H2,1H3. The van der Waals surface area contributed by atoms with Crippen molar-refractivity contribution in [2.24, 2.45) is 0 Å². The van der Waals surface area contributed by atoms with Gasteiger partial charge in [0.2, 0.25) is 0 Å². The molecule has 1 fully saturated rings. The molecule has 1 unspecified atom stereocenters. The number of benzene rings is 3. The summed E-state index contributed by atoms with van der Waals surface area (Å²) in [5.74, 6) is 3.12. The van der Waals surface area contributed by atoms with Crippen molar-refractivity contribution in [2.75, 3.05) is 49.7 Å². The highest BCUT2D eigenvalue weighted by atomic mass is 32.1. The fourth-order valence-corrected chi connectivity index (χ4v) is 7.54. The molecular formula is C35H34N4O3S. The third kappa shape index (κ3) is 5.67. The Morgan fingerprint density at radius 1 is 0.884 bits per heavy atom. The SMILES string of the molecule is COc1ccc(N2CCN(c3ncnc4sc5c(c34)CCC(c3ccc(OCC(=O)c4ccccc4)cc3)C5)CC2)cc1. The van der Waals surface area contributed by atoms with Gasteiger partial charge in [-0.15, -0.1) is 11.3 Å². The number of aromatic nitrogens is 2. The van der Waals surface area contributed by atoms with Gasteiger partial charge in [-0.3, -0.25) is 4.79 Å². The van der Waals surface area contributed by atoms with Crippen molar-refractivity contribution in [2.45, 2.75) is 25.2 Å². The first-order chi connectivity index (χ1) is 21.2. The Morgan fingerprint density at radius 3 is 2.35 bits per heavy atom. The molecule has 43 heavy (non-hydrogen) atoms. The molecule has 7 rings (SSSR count). The van der Waals surface area contributed by atoms with Crippen LogP contribution in [0.1, 0.15) is 38.7 Å². The summed E-state index contributed by atoms with van der Waals surface area (Å²) in [5.41, 5.74) is 4.64. The lowest BCUT2D eigenvalue weighted by Crippen LogP contribution is -2.47. The number of methoxy groups -OCH3 is 1. The molecule has 0 radical (unpaired) electrons. The number of carbonyl (C=O) groups excluding carboxylic acids is 1. The van der Waals surface area contributed by atoms with E-state index in [9.17, 15) is 4.79 Å². The molecule has 3 aromatic carbocycles. The molecule has 7 nitrogen and oxygen atoms in total. The zero-order chi connectivity index (χ0) is 29.2. The number of hydrogen-bond acceptors (Lipinski definition) is 8. The van der Waals surface area contributed by atoms with Gasteiger partial charge in [0.25, 0.3) is 0 Å². The molecule has 2 aromatic heterocycles. The molecule has 1 aliphatic carbocycles. The number of carbonyl (C=O) groups is 1. The molecule has 5 aromatic rings. The third-order valence-electron chi connectivity index (χ3n) is 8.66. The number of piperazine rings is 1. The van der Waals surface area contributed by atoms with E-state index >= 15 is 0 Å². The predicted molar refractivity (Wildman–Crippen MR) is 172 cm³/mol. The fraction of sp³-hybridized carbons (Fsp3) is 0.286. The maximum Gasteiger partial charge on any atom is 0.200 e. The number of aryl methyl sites for hydroxylation is 1. The third-order valence-corrected chi connectivity index (χ3v) is 9.82. The number of nitrogens with zero attached hydrogens (tertiary/aromatic N) is 4. The summed E-state index contributed by atoms with van der Waals surface area (Å²) in [5, 5.41) is 1.26. The van der Waals surface area contributed by atoms with E-state index in [0.717, 1.165) is 67.6 Å². The number of Topliss-reactive ketones (excluding diaryl/α,β-unsaturated/α-hetero) is 1. The second kappa shape index (κ2) is 12.1. The normalized spacial score (nSPS) is 16.6. The summed E-state index contributed by atoms with van der Waals surface area (Å²) in [4.78, 5) is 29.3. The number of rotatable bonds is 8. The predicted octanol–water partition coefficient (Wildman–Crippen LogP) is 6.56. The Bertz CT molecular complexity index is 1710. The van der Waals surface area contributed by atoms with Crippen LogP contribution >= 0.6 is 11.3 Å². The molecule has 0 amide bonds. The Balaban J connectivity index is 1.02. The van der Waals surface area contributed by atoms with Gasteiger partial charge in [0.05, 0.1) is 12.5 Å². The summed E-state index contributed by atoms with van der Waals surface area (Å²) in [6, 6.07) is 25.9. The highest BCUT2D eigenvalue weighted by Crippen LogP contribution is 2.43. The highest BCUT2D eigenvalue weighted by Gasteiger charge is 2.28. The Kier molecular flexibility index (Phi) is 7.68. The maximum atomic E-state index is 12.4. The van der Waals surface area contributed by atoms with Crippen LogP contribution in [0.25, 0.3) is 10.2 Å². The molecule has 2 aliphatic rings. The molecule has 0 bridgehead atoms. The summed E-state index contributed by atoms with van der Waals surface area (Å²) in [6.07, 6.45) is 4.85. The molecule has 3 heterocycles. The van der Waals surface area contributed by atoms with Crippen LogP contribution in [0.5, 0.6) is 11.5 Å². The van der Waals surface area contributed by atoms with Crippen LogP contribution in [0.4, 0.5) is 11.5 Å². The van der Waals surface area contributed by atoms with Gasteiger partial charge in [-0.1, -0.05) is 42.5 Å². The van der Waals surface area contributed by atoms with E-state index < -0.39 is 0 Å². The summed E-state index contributed by atoms with van der Waals surface area (Å²) in [7, 11) is 1.70. The summed E-state index contributed by atoms with van der Waals surface area (Å²) in [6.45, 7) is 3.80. The largest absolute Gasteiger partial charge is 0.497 e. The number of fused-ring (bicyclic) bond motifs is 3. The van der Waals surface area contributed by atoms with E-state index in [1.165, 1.54) is 27.1 Å². The van der Waals surface area contributed by atoms with E-state index in [-0.39, 0.29) is 12.4 Å². The van der Waals surface area contributed by atoms with Gasteiger partial charge in [0.15, 0.2) is 12.4 Å². The van der Waals surface area contributed by atoms with Crippen molar-refractivity contribution in [1.82, 2.24) is 9.97 Å². The van der Waals surface area contributed by atoms with E-state index in [2.05, 4.69) is 34.1 Å². The number of ether oxygens (including phenoxy) is 2. The lowest BCUT2D eigenvalue weighted by Gasteiger charge is -2.37. The Hall–Kier alpha value is -4.43. The number of hydrogen-bond donors (Lipinski definition) is 0. The van der Waals surface area contributed by atoms with E-state index in [4.69, 9.17) is 19.4 Å². The second-order valence-corrected chi connectivity index (χ2v) is 12.2. The van der Waals surface area contributed by atoms with Gasteiger partial charge >= 0.3 is 0 Å². The Morgan fingerprint density at radius 2 is 1.60 bits per heavy atom. The zero-order valence-electron chi connectivity index (χ0n) is 24.2. The Labute approximate surface area is 255 Å². The minimum atomic E-state index is -0.0177. The summed E-state index contributed by atoms with van der Waals surface area (Å²) >= 11 is 1.83.